The number of nitrogens with one attached hydrogen (secondary N) is 1. The van der Waals surface area contributed by atoms with Crippen molar-refractivity contribution in [3.8, 4) is 0 Å². The standard InChI is InChI=1S/C18H29N5O5S/c1-28-15-14-21-8-5-18(6-9-21,17(24)20-25)29(26,27)23-12-10-22(11-13-23)16-4-2-3-7-19-16/h2-4,7,25H,5-6,8-15H2,1H3,(H,20,24). The zero-order valence-corrected chi connectivity index (χ0v) is 17.5. The first-order chi connectivity index (χ1) is 13.9. The molecule has 1 aromatic heterocycles. The number of hydrogen-bond acceptors (Lipinski definition) is 8. The lowest BCUT2D eigenvalue weighted by Crippen LogP contribution is -2.63. The van der Waals surface area contributed by atoms with E-state index < -0.39 is 20.7 Å². The van der Waals surface area contributed by atoms with E-state index in [-0.39, 0.29) is 25.9 Å². The predicted octanol–water partition coefficient (Wildman–Crippen LogP) is -0.480. The number of hydrogen-bond donors (Lipinski definition) is 2. The Kier molecular flexibility index (Phi) is 7.06. The summed E-state index contributed by atoms with van der Waals surface area (Å²) in [4.78, 5) is 21.0. The fourth-order valence-electron chi connectivity index (χ4n) is 4.01. The molecule has 2 fully saturated rings. The minimum Gasteiger partial charge on any atom is -0.383 e. The number of ether oxygens (including phenoxy) is 1. The smallest absolute Gasteiger partial charge is 0.266 e. The molecule has 0 atom stereocenters. The molecular formula is C18H29N5O5S. The third kappa shape index (κ3) is 4.38. The van der Waals surface area contributed by atoms with Crippen LogP contribution < -0.4 is 10.4 Å². The molecule has 2 N–H and O–H groups in total. The molecule has 0 spiro atoms. The van der Waals surface area contributed by atoms with Crippen LogP contribution in [-0.4, -0.2) is 98.0 Å². The van der Waals surface area contributed by atoms with E-state index in [9.17, 15) is 18.4 Å². The number of anilines is 1. The van der Waals surface area contributed by atoms with E-state index in [2.05, 4.69) is 9.88 Å². The highest BCUT2D eigenvalue weighted by Crippen LogP contribution is 2.34. The van der Waals surface area contributed by atoms with Crippen LogP contribution in [0.25, 0.3) is 0 Å². The number of nitrogens with zero attached hydrogens (tertiary/aromatic N) is 4. The summed E-state index contributed by atoms with van der Waals surface area (Å²) >= 11 is 0. The molecule has 2 aliphatic heterocycles. The summed E-state index contributed by atoms with van der Waals surface area (Å²) in [6, 6.07) is 5.62. The first-order valence-electron chi connectivity index (χ1n) is 9.76. The average molecular weight is 428 g/mol. The minimum absolute atomic E-state index is 0.131. The summed E-state index contributed by atoms with van der Waals surface area (Å²) in [5.41, 5.74) is 1.60. The monoisotopic (exact) mass is 427 g/mol. The van der Waals surface area contributed by atoms with E-state index in [1.807, 2.05) is 23.1 Å². The van der Waals surface area contributed by atoms with Crippen LogP contribution in [-0.2, 0) is 19.6 Å². The number of hydroxylamine groups is 1. The summed E-state index contributed by atoms with van der Waals surface area (Å²) in [7, 11) is -2.34. The predicted molar refractivity (Wildman–Crippen MR) is 107 cm³/mol. The lowest BCUT2D eigenvalue weighted by atomic mass is 9.95. The Hall–Kier alpha value is -1.79. The van der Waals surface area contributed by atoms with E-state index in [1.54, 1.807) is 18.8 Å². The van der Waals surface area contributed by atoms with Gasteiger partial charge in [-0.2, -0.15) is 4.31 Å². The van der Waals surface area contributed by atoms with E-state index >= 15 is 0 Å². The maximum Gasteiger partial charge on any atom is 0.266 e. The Morgan fingerprint density at radius 2 is 1.90 bits per heavy atom. The summed E-state index contributed by atoms with van der Waals surface area (Å²) < 4.78 is 31.8. The summed E-state index contributed by atoms with van der Waals surface area (Å²) in [6.45, 7) is 3.64. The van der Waals surface area contributed by atoms with Gasteiger partial charge in [-0.05, 0) is 25.0 Å². The zero-order chi connectivity index (χ0) is 20.9. The molecule has 0 unspecified atom stereocenters. The second-order valence-electron chi connectivity index (χ2n) is 7.35. The van der Waals surface area contributed by atoms with Gasteiger partial charge in [-0.25, -0.2) is 18.9 Å². The average Bonchev–Trinajstić information content (AvgIpc) is 2.78. The molecule has 3 rings (SSSR count). The molecule has 0 radical (unpaired) electrons. The fourth-order valence-corrected chi connectivity index (χ4v) is 6.12. The Balaban J connectivity index is 1.72. The number of rotatable bonds is 7. The quantitative estimate of drug-likeness (QED) is 0.443. The van der Waals surface area contributed by atoms with Crippen molar-refractivity contribution < 1.29 is 23.2 Å². The van der Waals surface area contributed by atoms with Gasteiger partial charge in [0.15, 0.2) is 4.75 Å². The van der Waals surface area contributed by atoms with Crippen molar-refractivity contribution in [2.24, 2.45) is 0 Å². The van der Waals surface area contributed by atoms with Crippen molar-refractivity contribution >= 4 is 21.7 Å². The van der Waals surface area contributed by atoms with Gasteiger partial charge in [-0.1, -0.05) is 6.07 Å². The lowest BCUT2D eigenvalue weighted by Gasteiger charge is -2.43. The highest BCUT2D eigenvalue weighted by atomic mass is 32.2. The molecule has 0 saturated carbocycles. The number of carbonyl (C=O) groups is 1. The second-order valence-corrected chi connectivity index (χ2v) is 9.60. The van der Waals surface area contributed by atoms with Crippen LogP contribution >= 0.6 is 0 Å². The van der Waals surface area contributed by atoms with Gasteiger partial charge in [0.25, 0.3) is 5.91 Å². The van der Waals surface area contributed by atoms with Gasteiger partial charge >= 0.3 is 0 Å². The van der Waals surface area contributed by atoms with Crippen LogP contribution in [0.15, 0.2) is 24.4 Å². The number of piperidine rings is 1. The molecule has 11 heteroatoms. The maximum absolute atomic E-state index is 13.5. The molecule has 2 aliphatic rings. The SMILES string of the molecule is COCCN1CCC(C(=O)NO)(S(=O)(=O)N2CCN(c3ccccn3)CC2)CC1. The van der Waals surface area contributed by atoms with E-state index in [0.717, 1.165) is 5.82 Å². The number of aromatic nitrogens is 1. The Labute approximate surface area is 171 Å². The molecule has 2 saturated heterocycles. The summed E-state index contributed by atoms with van der Waals surface area (Å²) in [5, 5.41) is 9.28. The number of amides is 1. The molecule has 0 bridgehead atoms. The molecule has 10 nitrogen and oxygen atoms in total. The zero-order valence-electron chi connectivity index (χ0n) is 16.7. The highest BCUT2D eigenvalue weighted by molar-refractivity contribution is 7.91. The maximum atomic E-state index is 13.5. The van der Waals surface area contributed by atoms with Gasteiger partial charge in [-0.15, -0.1) is 0 Å². The number of piperazine rings is 1. The van der Waals surface area contributed by atoms with Crippen molar-refractivity contribution in [1.82, 2.24) is 19.7 Å². The first-order valence-corrected chi connectivity index (χ1v) is 11.2. The Morgan fingerprint density at radius 1 is 1.21 bits per heavy atom. The van der Waals surface area contributed by atoms with Crippen molar-refractivity contribution in [2.45, 2.75) is 17.6 Å². The fraction of sp³-hybridized carbons (Fsp3) is 0.667. The second kappa shape index (κ2) is 9.35. The van der Waals surface area contributed by atoms with Gasteiger partial charge in [0.1, 0.15) is 5.82 Å². The van der Waals surface area contributed by atoms with Crippen LogP contribution in [0, 0.1) is 0 Å². The van der Waals surface area contributed by atoms with Crippen molar-refractivity contribution in [2.75, 3.05) is 64.4 Å². The third-order valence-corrected chi connectivity index (χ3v) is 8.46. The van der Waals surface area contributed by atoms with E-state index in [1.165, 1.54) is 4.31 Å². The molecule has 3 heterocycles. The molecule has 0 aliphatic carbocycles. The topological polar surface area (TPSA) is 115 Å². The Bertz CT molecular complexity index is 775. The van der Waals surface area contributed by atoms with Crippen molar-refractivity contribution in [3.63, 3.8) is 0 Å². The summed E-state index contributed by atoms with van der Waals surface area (Å²) in [5.74, 6) is -0.0464. The first kappa shape index (κ1) is 21.9. The lowest BCUT2D eigenvalue weighted by molar-refractivity contribution is -0.133. The molecule has 162 valence electrons. The van der Waals surface area contributed by atoms with E-state index in [4.69, 9.17) is 4.74 Å². The van der Waals surface area contributed by atoms with Crippen LogP contribution in [0.5, 0.6) is 0 Å². The molecule has 29 heavy (non-hydrogen) atoms. The largest absolute Gasteiger partial charge is 0.383 e. The van der Waals surface area contributed by atoms with Crippen LogP contribution in [0.3, 0.4) is 0 Å². The number of sulfonamides is 1. The minimum atomic E-state index is -3.95. The number of pyridine rings is 1. The molecule has 1 aromatic rings. The molecular weight excluding hydrogens is 398 g/mol. The molecule has 1 amide bonds. The van der Waals surface area contributed by atoms with Gasteiger partial charge in [-0.3, -0.25) is 10.0 Å². The van der Waals surface area contributed by atoms with Gasteiger partial charge in [0, 0.05) is 59.1 Å². The van der Waals surface area contributed by atoms with Gasteiger partial charge < -0.3 is 14.5 Å². The number of carbonyl (C=O) groups excluding carboxylic acids is 1. The molecule has 0 aromatic carbocycles. The number of likely N-dealkylation sites (tertiary alicyclic amines) is 1. The van der Waals surface area contributed by atoms with Crippen LogP contribution in [0.2, 0.25) is 0 Å². The van der Waals surface area contributed by atoms with Crippen molar-refractivity contribution in [3.05, 3.63) is 24.4 Å². The van der Waals surface area contributed by atoms with E-state index in [0.29, 0.717) is 39.3 Å². The summed E-state index contributed by atoms with van der Waals surface area (Å²) in [6.07, 6.45) is 1.97. The van der Waals surface area contributed by atoms with Crippen LogP contribution in [0.4, 0.5) is 5.82 Å². The third-order valence-electron chi connectivity index (χ3n) is 5.84. The van der Waals surface area contributed by atoms with Crippen molar-refractivity contribution in [1.29, 1.82) is 0 Å². The Morgan fingerprint density at radius 3 is 2.45 bits per heavy atom. The van der Waals surface area contributed by atoms with Gasteiger partial charge in [0.2, 0.25) is 10.0 Å². The normalized spacial score (nSPS) is 21.1. The highest BCUT2D eigenvalue weighted by Gasteiger charge is 2.55. The number of methoxy groups -OCH3 is 1. The van der Waals surface area contributed by atoms with Gasteiger partial charge in [0.05, 0.1) is 6.61 Å². The van der Waals surface area contributed by atoms with Crippen LogP contribution in [0.1, 0.15) is 12.8 Å².